The molecule has 0 N–H and O–H groups in total. The van der Waals surface area contributed by atoms with Crippen LogP contribution in [0.25, 0.3) is 10.8 Å². The largest absolute Gasteiger partial charge is 0.488 e. The van der Waals surface area contributed by atoms with E-state index in [0.29, 0.717) is 6.61 Å². The van der Waals surface area contributed by atoms with Crippen LogP contribution in [0.1, 0.15) is 11.1 Å². The predicted molar refractivity (Wildman–Crippen MR) is 95.1 cm³/mol. The van der Waals surface area contributed by atoms with Gasteiger partial charge in [0, 0.05) is 5.33 Å². The molecule has 0 aliphatic carbocycles. The standard InChI is InChI=1S/C18H14Br2O/c19-11-13-8-9-18(17(20)10-13)21-12-15-6-3-5-14-4-1-2-7-16(14)15/h1-10H,11-12H2. The molecular formula is C18H14Br2O. The molecule has 0 fully saturated rings. The Morgan fingerprint density at radius 2 is 1.71 bits per heavy atom. The highest BCUT2D eigenvalue weighted by atomic mass is 79.9. The molecule has 0 aromatic heterocycles. The van der Waals surface area contributed by atoms with Crippen molar-refractivity contribution in [3.8, 4) is 5.75 Å². The molecule has 0 spiro atoms. The van der Waals surface area contributed by atoms with Crippen LogP contribution in [-0.2, 0) is 11.9 Å². The van der Waals surface area contributed by atoms with Crippen molar-refractivity contribution in [3.63, 3.8) is 0 Å². The van der Waals surface area contributed by atoms with Gasteiger partial charge >= 0.3 is 0 Å². The van der Waals surface area contributed by atoms with Crippen LogP contribution >= 0.6 is 31.9 Å². The van der Waals surface area contributed by atoms with Gasteiger partial charge in [0.1, 0.15) is 12.4 Å². The first-order chi connectivity index (χ1) is 10.3. The van der Waals surface area contributed by atoms with E-state index in [1.165, 1.54) is 21.9 Å². The zero-order valence-corrected chi connectivity index (χ0v) is 14.5. The summed E-state index contributed by atoms with van der Waals surface area (Å²) >= 11 is 7.02. The van der Waals surface area contributed by atoms with Crippen LogP contribution < -0.4 is 4.74 Å². The van der Waals surface area contributed by atoms with Crippen molar-refractivity contribution in [2.75, 3.05) is 0 Å². The van der Waals surface area contributed by atoms with E-state index in [1.807, 2.05) is 6.07 Å². The molecular weight excluding hydrogens is 392 g/mol. The molecule has 0 heterocycles. The minimum absolute atomic E-state index is 0.563. The van der Waals surface area contributed by atoms with E-state index in [4.69, 9.17) is 4.74 Å². The fourth-order valence-electron chi connectivity index (χ4n) is 2.32. The smallest absolute Gasteiger partial charge is 0.134 e. The molecule has 0 atom stereocenters. The maximum Gasteiger partial charge on any atom is 0.134 e. The molecule has 0 saturated heterocycles. The molecule has 0 aliphatic heterocycles. The van der Waals surface area contributed by atoms with Crippen LogP contribution in [0.2, 0.25) is 0 Å². The highest BCUT2D eigenvalue weighted by Gasteiger charge is 2.05. The van der Waals surface area contributed by atoms with Gasteiger partial charge in [0.15, 0.2) is 0 Å². The van der Waals surface area contributed by atoms with Crippen LogP contribution in [0.15, 0.2) is 65.1 Å². The number of ether oxygens (including phenoxy) is 1. The van der Waals surface area contributed by atoms with Crippen LogP contribution in [-0.4, -0.2) is 0 Å². The average molecular weight is 406 g/mol. The molecule has 1 nitrogen and oxygen atoms in total. The zero-order valence-electron chi connectivity index (χ0n) is 11.4. The van der Waals surface area contributed by atoms with Crippen molar-refractivity contribution in [2.24, 2.45) is 0 Å². The molecule has 3 rings (SSSR count). The van der Waals surface area contributed by atoms with E-state index >= 15 is 0 Å². The molecule has 0 radical (unpaired) electrons. The van der Waals surface area contributed by atoms with Gasteiger partial charge in [-0.2, -0.15) is 0 Å². The summed E-state index contributed by atoms with van der Waals surface area (Å²) < 4.78 is 6.95. The van der Waals surface area contributed by atoms with Gasteiger partial charge in [-0.05, 0) is 50.0 Å². The number of hydrogen-bond donors (Lipinski definition) is 0. The highest BCUT2D eigenvalue weighted by Crippen LogP contribution is 2.28. The highest BCUT2D eigenvalue weighted by molar-refractivity contribution is 9.10. The molecule has 0 unspecified atom stereocenters. The van der Waals surface area contributed by atoms with Crippen molar-refractivity contribution < 1.29 is 4.74 Å². The monoisotopic (exact) mass is 404 g/mol. The lowest BCUT2D eigenvalue weighted by atomic mass is 10.1. The first kappa shape index (κ1) is 14.6. The molecule has 21 heavy (non-hydrogen) atoms. The predicted octanol–water partition coefficient (Wildman–Crippen LogP) is 6.08. The van der Waals surface area contributed by atoms with E-state index in [-0.39, 0.29) is 0 Å². The number of halogens is 2. The van der Waals surface area contributed by atoms with E-state index in [9.17, 15) is 0 Å². The SMILES string of the molecule is BrCc1ccc(OCc2cccc3ccccc23)c(Br)c1. The van der Waals surface area contributed by atoms with Gasteiger partial charge in [-0.3, -0.25) is 0 Å². The third-order valence-corrected chi connectivity index (χ3v) is 4.68. The second-order valence-electron chi connectivity index (χ2n) is 4.83. The van der Waals surface area contributed by atoms with Gasteiger partial charge in [0.25, 0.3) is 0 Å². The Kier molecular flexibility index (Phi) is 4.61. The number of rotatable bonds is 4. The van der Waals surface area contributed by atoms with Gasteiger partial charge in [-0.25, -0.2) is 0 Å². The summed E-state index contributed by atoms with van der Waals surface area (Å²) in [5.74, 6) is 0.868. The Hall–Kier alpha value is -1.32. The average Bonchev–Trinajstić information content (AvgIpc) is 2.53. The Balaban J connectivity index is 1.84. The normalized spacial score (nSPS) is 10.8. The summed E-state index contributed by atoms with van der Waals surface area (Å²) in [6.07, 6.45) is 0. The Labute approximate surface area is 141 Å². The topological polar surface area (TPSA) is 9.23 Å². The maximum atomic E-state index is 5.97. The summed E-state index contributed by atoms with van der Waals surface area (Å²) in [6.45, 7) is 0.563. The van der Waals surface area contributed by atoms with Gasteiger partial charge < -0.3 is 4.74 Å². The summed E-state index contributed by atoms with van der Waals surface area (Å²) in [5.41, 5.74) is 2.42. The van der Waals surface area contributed by atoms with Crippen molar-refractivity contribution in [1.82, 2.24) is 0 Å². The minimum Gasteiger partial charge on any atom is -0.488 e. The summed E-state index contributed by atoms with van der Waals surface area (Å²) in [7, 11) is 0. The number of fused-ring (bicyclic) bond motifs is 1. The van der Waals surface area contributed by atoms with Gasteiger partial charge in [0.05, 0.1) is 4.47 Å². The summed E-state index contributed by atoms with van der Waals surface area (Å²) in [5, 5.41) is 3.33. The lowest BCUT2D eigenvalue weighted by Crippen LogP contribution is -1.97. The molecule has 106 valence electrons. The van der Waals surface area contributed by atoms with Crippen molar-refractivity contribution in [3.05, 3.63) is 76.3 Å². The number of benzene rings is 3. The fraction of sp³-hybridized carbons (Fsp3) is 0.111. The fourth-order valence-corrected chi connectivity index (χ4v) is 3.21. The molecule has 0 amide bonds. The lowest BCUT2D eigenvalue weighted by molar-refractivity contribution is 0.305. The van der Waals surface area contributed by atoms with Crippen LogP contribution in [0.3, 0.4) is 0 Å². The van der Waals surface area contributed by atoms with Gasteiger partial charge in [-0.1, -0.05) is 64.5 Å². The van der Waals surface area contributed by atoms with Crippen molar-refractivity contribution in [1.29, 1.82) is 0 Å². The van der Waals surface area contributed by atoms with Crippen molar-refractivity contribution in [2.45, 2.75) is 11.9 Å². The maximum absolute atomic E-state index is 5.97. The minimum atomic E-state index is 0.563. The summed E-state index contributed by atoms with van der Waals surface area (Å²) in [4.78, 5) is 0. The molecule has 0 saturated carbocycles. The van der Waals surface area contributed by atoms with Crippen LogP contribution in [0.5, 0.6) is 5.75 Å². The summed E-state index contributed by atoms with van der Waals surface area (Å²) in [6, 6.07) is 20.8. The second-order valence-corrected chi connectivity index (χ2v) is 6.24. The van der Waals surface area contributed by atoms with E-state index in [2.05, 4.69) is 86.5 Å². The Bertz CT molecular complexity index is 763. The first-order valence-corrected chi connectivity index (χ1v) is 8.63. The Morgan fingerprint density at radius 1 is 0.905 bits per heavy atom. The lowest BCUT2D eigenvalue weighted by Gasteiger charge is -2.11. The zero-order chi connectivity index (χ0) is 14.7. The molecule has 3 aromatic rings. The van der Waals surface area contributed by atoms with E-state index in [0.717, 1.165) is 15.6 Å². The van der Waals surface area contributed by atoms with Gasteiger partial charge in [0.2, 0.25) is 0 Å². The first-order valence-electron chi connectivity index (χ1n) is 6.72. The molecule has 0 aliphatic rings. The van der Waals surface area contributed by atoms with E-state index in [1.54, 1.807) is 0 Å². The number of alkyl halides is 1. The van der Waals surface area contributed by atoms with Crippen LogP contribution in [0, 0.1) is 0 Å². The quantitative estimate of drug-likeness (QED) is 0.478. The Morgan fingerprint density at radius 3 is 2.52 bits per heavy atom. The molecule has 3 aromatic carbocycles. The van der Waals surface area contributed by atoms with Crippen LogP contribution in [0.4, 0.5) is 0 Å². The number of hydrogen-bond acceptors (Lipinski definition) is 1. The molecule has 0 bridgehead atoms. The second kappa shape index (κ2) is 6.63. The third-order valence-electron chi connectivity index (χ3n) is 3.41. The van der Waals surface area contributed by atoms with E-state index < -0.39 is 0 Å². The van der Waals surface area contributed by atoms with Crippen molar-refractivity contribution >= 4 is 42.6 Å². The third kappa shape index (κ3) is 3.30. The molecule has 3 heteroatoms. The van der Waals surface area contributed by atoms with Gasteiger partial charge in [-0.15, -0.1) is 0 Å².